The van der Waals surface area contributed by atoms with Gasteiger partial charge >= 0.3 is 0 Å². The maximum atomic E-state index is 11.0. The predicted octanol–water partition coefficient (Wildman–Crippen LogP) is 2.12. The van der Waals surface area contributed by atoms with Gasteiger partial charge in [-0.3, -0.25) is 4.79 Å². The zero-order chi connectivity index (χ0) is 14.5. The molecule has 0 atom stereocenters. The first kappa shape index (κ1) is 15.1. The summed E-state index contributed by atoms with van der Waals surface area (Å²) >= 11 is 0. The molecule has 106 valence electrons. The van der Waals surface area contributed by atoms with Crippen LogP contribution in [0.3, 0.4) is 0 Å². The van der Waals surface area contributed by atoms with Crippen LogP contribution in [-0.4, -0.2) is 18.1 Å². The molecule has 1 rings (SSSR count). The van der Waals surface area contributed by atoms with Gasteiger partial charge in [0.1, 0.15) is 5.75 Å². The van der Waals surface area contributed by atoms with Crippen molar-refractivity contribution in [2.75, 3.05) is 17.7 Å². The van der Waals surface area contributed by atoms with Crippen molar-refractivity contribution in [3.63, 3.8) is 0 Å². The Labute approximate surface area is 114 Å². The molecule has 5 heteroatoms. The van der Waals surface area contributed by atoms with E-state index in [1.54, 1.807) is 6.07 Å². The van der Waals surface area contributed by atoms with Crippen molar-refractivity contribution in [2.45, 2.75) is 39.2 Å². The van der Waals surface area contributed by atoms with Gasteiger partial charge in [-0.2, -0.15) is 0 Å². The summed E-state index contributed by atoms with van der Waals surface area (Å²) in [6.07, 6.45) is 1.17. The molecule has 0 saturated heterocycles. The van der Waals surface area contributed by atoms with Gasteiger partial charge in [0.15, 0.2) is 0 Å². The van der Waals surface area contributed by atoms with E-state index in [2.05, 4.69) is 5.32 Å². The summed E-state index contributed by atoms with van der Waals surface area (Å²) in [7, 11) is 0. The molecule has 0 radical (unpaired) electrons. The van der Waals surface area contributed by atoms with Gasteiger partial charge in [-0.05, 0) is 32.4 Å². The number of benzene rings is 1. The molecule has 0 unspecified atom stereocenters. The number of anilines is 2. The number of primary amides is 1. The number of rotatable bonds is 7. The second-order valence-corrected chi connectivity index (χ2v) is 5.25. The van der Waals surface area contributed by atoms with Gasteiger partial charge in [0, 0.05) is 23.7 Å². The second-order valence-electron chi connectivity index (χ2n) is 5.25. The molecule has 0 aliphatic rings. The van der Waals surface area contributed by atoms with Gasteiger partial charge < -0.3 is 21.5 Å². The quantitative estimate of drug-likeness (QED) is 0.659. The van der Waals surface area contributed by atoms with Gasteiger partial charge in [-0.15, -0.1) is 0 Å². The zero-order valence-corrected chi connectivity index (χ0v) is 11.8. The van der Waals surface area contributed by atoms with Crippen LogP contribution in [0.25, 0.3) is 0 Å². The van der Waals surface area contributed by atoms with Gasteiger partial charge in [-0.1, -0.05) is 6.92 Å². The molecule has 0 bridgehead atoms. The van der Waals surface area contributed by atoms with E-state index < -0.39 is 5.54 Å². The van der Waals surface area contributed by atoms with Crippen molar-refractivity contribution in [1.29, 1.82) is 0 Å². The molecule has 1 amide bonds. The Morgan fingerprint density at radius 1 is 1.42 bits per heavy atom. The van der Waals surface area contributed by atoms with Crippen molar-refractivity contribution >= 4 is 17.3 Å². The normalized spacial score (nSPS) is 11.1. The highest BCUT2D eigenvalue weighted by Crippen LogP contribution is 2.28. The molecule has 0 heterocycles. The summed E-state index contributed by atoms with van der Waals surface area (Å²) in [5, 5.41) is 3.26. The fourth-order valence-electron chi connectivity index (χ4n) is 1.82. The van der Waals surface area contributed by atoms with Crippen LogP contribution in [0.4, 0.5) is 11.4 Å². The largest absolute Gasteiger partial charge is 0.491 e. The third-order valence-corrected chi connectivity index (χ3v) is 2.57. The van der Waals surface area contributed by atoms with Crippen LogP contribution >= 0.6 is 0 Å². The van der Waals surface area contributed by atoms with Crippen molar-refractivity contribution in [3.05, 3.63) is 18.2 Å². The summed E-state index contributed by atoms with van der Waals surface area (Å²) < 4.78 is 5.57. The van der Waals surface area contributed by atoms with Crippen LogP contribution in [0.15, 0.2) is 18.2 Å². The highest BCUT2D eigenvalue weighted by atomic mass is 16.5. The van der Waals surface area contributed by atoms with E-state index in [-0.39, 0.29) is 12.3 Å². The first-order valence-electron chi connectivity index (χ1n) is 6.43. The molecule has 0 aromatic heterocycles. The Bertz CT molecular complexity index is 444. The molecule has 5 nitrogen and oxygen atoms in total. The standard InChI is InChI=1S/C14H23N3O2/c1-4-7-19-12-8-10(5-6-11(12)15)17-14(2,3)9-13(16)18/h5-6,8,17H,4,7,9,15H2,1-3H3,(H2,16,18). The third kappa shape index (κ3) is 5.07. The second kappa shape index (κ2) is 6.31. The number of nitrogens with two attached hydrogens (primary N) is 2. The zero-order valence-electron chi connectivity index (χ0n) is 11.8. The molecular weight excluding hydrogens is 242 g/mol. The fraction of sp³-hybridized carbons (Fsp3) is 0.500. The Kier molecular flexibility index (Phi) is 5.03. The molecule has 0 fully saturated rings. The first-order valence-corrected chi connectivity index (χ1v) is 6.43. The maximum Gasteiger partial charge on any atom is 0.219 e. The van der Waals surface area contributed by atoms with Crippen LogP contribution in [-0.2, 0) is 4.79 Å². The summed E-state index contributed by atoms with van der Waals surface area (Å²) in [6.45, 7) is 6.49. The Morgan fingerprint density at radius 2 is 2.11 bits per heavy atom. The summed E-state index contributed by atoms with van der Waals surface area (Å²) in [5.74, 6) is 0.317. The Hall–Kier alpha value is -1.91. The highest BCUT2D eigenvalue weighted by Gasteiger charge is 2.20. The number of hydrogen-bond acceptors (Lipinski definition) is 4. The highest BCUT2D eigenvalue weighted by molar-refractivity contribution is 5.76. The lowest BCUT2D eigenvalue weighted by molar-refractivity contribution is -0.118. The number of carbonyl (C=O) groups is 1. The van der Waals surface area contributed by atoms with Crippen LogP contribution in [0.1, 0.15) is 33.6 Å². The lowest BCUT2D eigenvalue weighted by Crippen LogP contribution is -2.35. The van der Waals surface area contributed by atoms with E-state index in [0.717, 1.165) is 12.1 Å². The van der Waals surface area contributed by atoms with Gasteiger partial charge in [0.25, 0.3) is 0 Å². The van der Waals surface area contributed by atoms with Crippen LogP contribution in [0.5, 0.6) is 5.75 Å². The van der Waals surface area contributed by atoms with E-state index in [1.807, 2.05) is 32.9 Å². The van der Waals surface area contributed by atoms with Crippen molar-refractivity contribution < 1.29 is 9.53 Å². The minimum absolute atomic E-state index is 0.253. The number of hydrogen-bond donors (Lipinski definition) is 3. The average Bonchev–Trinajstić information content (AvgIpc) is 2.27. The molecule has 0 saturated carbocycles. The van der Waals surface area contributed by atoms with Crippen molar-refractivity contribution in [3.8, 4) is 5.75 Å². The van der Waals surface area contributed by atoms with Crippen molar-refractivity contribution in [2.24, 2.45) is 5.73 Å². The third-order valence-electron chi connectivity index (χ3n) is 2.57. The van der Waals surface area contributed by atoms with Crippen LogP contribution < -0.4 is 21.5 Å². The van der Waals surface area contributed by atoms with E-state index in [4.69, 9.17) is 16.2 Å². The van der Waals surface area contributed by atoms with Gasteiger partial charge in [0.2, 0.25) is 5.91 Å². The molecule has 19 heavy (non-hydrogen) atoms. The number of nitrogens with one attached hydrogen (secondary N) is 1. The minimum atomic E-state index is -0.413. The monoisotopic (exact) mass is 265 g/mol. The smallest absolute Gasteiger partial charge is 0.219 e. The molecule has 1 aromatic carbocycles. The lowest BCUT2D eigenvalue weighted by Gasteiger charge is -2.26. The SMILES string of the molecule is CCCOc1cc(NC(C)(C)CC(N)=O)ccc1N. The molecule has 1 aromatic rings. The maximum absolute atomic E-state index is 11.0. The topological polar surface area (TPSA) is 90.4 Å². The van der Waals surface area contributed by atoms with Gasteiger partial charge in [0.05, 0.1) is 12.3 Å². The summed E-state index contributed by atoms with van der Waals surface area (Å²) in [4.78, 5) is 11.0. The van der Waals surface area contributed by atoms with E-state index in [1.165, 1.54) is 0 Å². The summed E-state index contributed by atoms with van der Waals surface area (Å²) in [5.41, 5.74) is 12.1. The predicted molar refractivity (Wildman–Crippen MR) is 78.2 cm³/mol. The molecule has 0 spiro atoms. The molecule has 0 aliphatic carbocycles. The molecular formula is C14H23N3O2. The van der Waals surface area contributed by atoms with E-state index in [9.17, 15) is 4.79 Å². The lowest BCUT2D eigenvalue weighted by atomic mass is 10.00. The molecule has 5 N–H and O–H groups in total. The average molecular weight is 265 g/mol. The van der Waals surface area contributed by atoms with Crippen molar-refractivity contribution in [1.82, 2.24) is 0 Å². The van der Waals surface area contributed by atoms with Crippen LogP contribution in [0.2, 0.25) is 0 Å². The van der Waals surface area contributed by atoms with Crippen LogP contribution in [0, 0.1) is 0 Å². The Balaban J connectivity index is 2.81. The van der Waals surface area contributed by atoms with E-state index >= 15 is 0 Å². The fourth-order valence-corrected chi connectivity index (χ4v) is 1.82. The molecule has 0 aliphatic heterocycles. The van der Waals surface area contributed by atoms with Gasteiger partial charge in [-0.25, -0.2) is 0 Å². The summed E-state index contributed by atoms with van der Waals surface area (Å²) in [6, 6.07) is 5.48. The number of amides is 1. The Morgan fingerprint density at radius 3 is 2.68 bits per heavy atom. The minimum Gasteiger partial charge on any atom is -0.491 e. The number of nitrogen functional groups attached to an aromatic ring is 1. The number of ether oxygens (including phenoxy) is 1. The number of carbonyl (C=O) groups excluding carboxylic acids is 1. The first-order chi connectivity index (χ1) is 8.84. The van der Waals surface area contributed by atoms with E-state index in [0.29, 0.717) is 18.0 Å².